The van der Waals surface area contributed by atoms with Gasteiger partial charge in [0.05, 0.1) is 0 Å². The van der Waals surface area contributed by atoms with E-state index in [2.05, 4.69) is 24.3 Å². The van der Waals surface area contributed by atoms with Gasteiger partial charge in [-0.3, -0.25) is 0 Å². The fourth-order valence-corrected chi connectivity index (χ4v) is 5.53. The highest BCUT2D eigenvalue weighted by Crippen LogP contribution is 2.62. The van der Waals surface area contributed by atoms with Crippen LogP contribution in [0, 0.1) is 11.6 Å². The lowest BCUT2D eigenvalue weighted by Crippen LogP contribution is -1.87. The molecule has 0 saturated carbocycles. The topological polar surface area (TPSA) is 0 Å². The van der Waals surface area contributed by atoms with Crippen molar-refractivity contribution in [3.63, 3.8) is 0 Å². The van der Waals surface area contributed by atoms with Crippen LogP contribution in [0.15, 0.2) is 81.4 Å². The normalized spacial score (nSPS) is 13.9. The molecule has 3 aromatic rings. The summed E-state index contributed by atoms with van der Waals surface area (Å²) in [5.41, 5.74) is 2.34. The molecule has 104 valence electrons. The maximum absolute atomic E-state index is 13.6. The van der Waals surface area contributed by atoms with E-state index in [1.807, 2.05) is 24.3 Å². The molecule has 21 heavy (non-hydrogen) atoms. The summed E-state index contributed by atoms with van der Waals surface area (Å²) in [7, 11) is -0.884. The Morgan fingerprint density at radius 2 is 1.10 bits per heavy atom. The van der Waals surface area contributed by atoms with Crippen LogP contribution in [0.5, 0.6) is 0 Å². The van der Waals surface area contributed by atoms with Gasteiger partial charge in [-0.25, -0.2) is 8.78 Å². The molecule has 3 aromatic carbocycles. The zero-order chi connectivity index (χ0) is 14.4. The van der Waals surface area contributed by atoms with Gasteiger partial charge in [0.25, 0.3) is 0 Å². The average molecular weight is 298 g/mol. The van der Waals surface area contributed by atoms with Gasteiger partial charge in [0.2, 0.25) is 0 Å². The van der Waals surface area contributed by atoms with Crippen molar-refractivity contribution in [3.8, 4) is 11.1 Å². The van der Waals surface area contributed by atoms with E-state index in [9.17, 15) is 8.78 Å². The van der Waals surface area contributed by atoms with Crippen molar-refractivity contribution < 1.29 is 8.78 Å². The smallest absolute Gasteiger partial charge is 0.127 e. The summed E-state index contributed by atoms with van der Waals surface area (Å²) in [5, 5.41) is 0. The lowest BCUT2D eigenvalue weighted by atomic mass is 10.1. The van der Waals surface area contributed by atoms with Crippen LogP contribution in [0.4, 0.5) is 8.78 Å². The highest BCUT2D eigenvalue weighted by atomic mass is 32.2. The van der Waals surface area contributed by atoms with Crippen molar-refractivity contribution in [2.75, 3.05) is 0 Å². The number of rotatable bonds is 1. The molecule has 0 N–H and O–H groups in total. The number of benzene rings is 3. The van der Waals surface area contributed by atoms with Crippen LogP contribution in [0.1, 0.15) is 0 Å². The molecule has 1 heterocycles. The van der Waals surface area contributed by atoms with Gasteiger partial charge in [0.15, 0.2) is 0 Å². The molecule has 1 aliphatic rings. The molecule has 0 bridgehead atoms. The molecule has 1 aliphatic heterocycles. The number of halogens is 2. The minimum atomic E-state index is -0.884. The summed E-state index contributed by atoms with van der Waals surface area (Å²) < 4.78 is 27.2. The zero-order valence-corrected chi connectivity index (χ0v) is 11.9. The van der Waals surface area contributed by atoms with Gasteiger partial charge in [-0.1, -0.05) is 36.4 Å². The third-order valence-electron chi connectivity index (χ3n) is 3.69. The predicted octanol–water partition coefficient (Wildman–Crippen LogP) is 5.42. The molecule has 0 aliphatic carbocycles. The fourth-order valence-electron chi connectivity index (χ4n) is 2.87. The van der Waals surface area contributed by atoms with Crippen molar-refractivity contribution >= 4 is 10.9 Å². The Balaban J connectivity index is 2.00. The van der Waals surface area contributed by atoms with Crippen molar-refractivity contribution in [1.82, 2.24) is 0 Å². The first-order chi connectivity index (χ1) is 10.2. The SMILES string of the molecule is Fc1cc(F)cc([SH]2c3ccccc3-c3ccccc32)c1. The van der Waals surface area contributed by atoms with Crippen LogP contribution in [0.3, 0.4) is 0 Å². The van der Waals surface area contributed by atoms with Crippen LogP contribution >= 0.6 is 10.9 Å². The molecular formula is C18H12F2S. The van der Waals surface area contributed by atoms with Crippen molar-refractivity contribution in [3.05, 3.63) is 78.4 Å². The standard InChI is InChI=1S/C18H12F2S/c19-12-9-13(20)11-14(10-12)21-17-7-3-1-5-15(17)16-6-2-4-8-18(16)21/h1-11,21H. The summed E-state index contributed by atoms with van der Waals surface area (Å²) in [4.78, 5) is 3.05. The molecule has 3 heteroatoms. The van der Waals surface area contributed by atoms with E-state index in [-0.39, 0.29) is 0 Å². The van der Waals surface area contributed by atoms with E-state index in [0.717, 1.165) is 11.0 Å². The van der Waals surface area contributed by atoms with Gasteiger partial charge in [0.1, 0.15) is 11.6 Å². The van der Waals surface area contributed by atoms with Gasteiger partial charge in [-0.05, 0) is 35.4 Å². The largest absolute Gasteiger partial charge is 0.207 e. The van der Waals surface area contributed by atoms with Gasteiger partial charge in [0, 0.05) is 20.8 Å². The first kappa shape index (κ1) is 12.6. The summed E-state index contributed by atoms with van der Waals surface area (Å²) in [6.07, 6.45) is 0. The zero-order valence-electron chi connectivity index (χ0n) is 11.1. The van der Waals surface area contributed by atoms with Gasteiger partial charge in [-0.2, -0.15) is 10.9 Å². The Kier molecular flexibility index (Phi) is 2.82. The van der Waals surface area contributed by atoms with E-state index in [4.69, 9.17) is 0 Å². The Morgan fingerprint density at radius 3 is 1.62 bits per heavy atom. The molecule has 4 rings (SSSR count). The van der Waals surface area contributed by atoms with E-state index in [0.29, 0.717) is 0 Å². The van der Waals surface area contributed by atoms with Crippen LogP contribution in [-0.4, -0.2) is 0 Å². The third-order valence-corrected chi connectivity index (χ3v) is 6.20. The van der Waals surface area contributed by atoms with Gasteiger partial charge in [-0.15, -0.1) is 0 Å². The van der Waals surface area contributed by atoms with Crippen molar-refractivity contribution in [2.24, 2.45) is 0 Å². The number of hydrogen-bond donors (Lipinski definition) is 1. The second-order valence-electron chi connectivity index (χ2n) is 5.00. The molecule has 0 aromatic heterocycles. The molecule has 0 unspecified atom stereocenters. The first-order valence-corrected chi connectivity index (χ1v) is 8.03. The van der Waals surface area contributed by atoms with E-state index < -0.39 is 22.5 Å². The average Bonchev–Trinajstić information content (AvgIpc) is 2.81. The predicted molar refractivity (Wildman–Crippen MR) is 82.0 cm³/mol. The van der Waals surface area contributed by atoms with Crippen LogP contribution in [0.25, 0.3) is 11.1 Å². The first-order valence-electron chi connectivity index (χ1n) is 6.69. The van der Waals surface area contributed by atoms with Crippen LogP contribution in [0.2, 0.25) is 0 Å². The summed E-state index contributed by atoms with van der Waals surface area (Å²) in [6.45, 7) is 0. The quantitative estimate of drug-likeness (QED) is 0.445. The monoisotopic (exact) mass is 298 g/mol. The minimum Gasteiger partial charge on any atom is -0.207 e. The molecular weight excluding hydrogens is 286 g/mol. The molecule has 0 spiro atoms. The van der Waals surface area contributed by atoms with E-state index >= 15 is 0 Å². The summed E-state index contributed by atoms with van der Waals surface area (Å²) in [5.74, 6) is -1.04. The van der Waals surface area contributed by atoms with Crippen LogP contribution < -0.4 is 0 Å². The lowest BCUT2D eigenvalue weighted by Gasteiger charge is -2.19. The second kappa shape index (κ2) is 4.71. The van der Waals surface area contributed by atoms with E-state index in [1.165, 1.54) is 33.1 Å². The highest BCUT2D eigenvalue weighted by Gasteiger charge is 2.26. The fraction of sp³-hybridized carbons (Fsp3) is 0. The Morgan fingerprint density at radius 1 is 0.619 bits per heavy atom. The maximum atomic E-state index is 13.6. The number of thiol groups is 1. The van der Waals surface area contributed by atoms with Crippen molar-refractivity contribution in [2.45, 2.75) is 14.7 Å². The molecule has 0 fully saturated rings. The Labute approximate surface area is 124 Å². The number of hydrogen-bond acceptors (Lipinski definition) is 0. The van der Waals surface area contributed by atoms with E-state index in [1.54, 1.807) is 0 Å². The summed E-state index contributed by atoms with van der Waals surface area (Å²) >= 11 is 0. The maximum Gasteiger partial charge on any atom is 0.127 e. The van der Waals surface area contributed by atoms with Gasteiger partial charge < -0.3 is 0 Å². The highest BCUT2D eigenvalue weighted by molar-refractivity contribution is 8.17. The van der Waals surface area contributed by atoms with Crippen molar-refractivity contribution in [1.29, 1.82) is 0 Å². The molecule has 0 atom stereocenters. The molecule has 0 amide bonds. The second-order valence-corrected chi connectivity index (χ2v) is 7.15. The Bertz CT molecular complexity index is 776. The number of fused-ring (bicyclic) bond motifs is 3. The molecule has 0 nitrogen and oxygen atoms in total. The summed E-state index contributed by atoms with van der Waals surface area (Å²) in [6, 6.07) is 20.1. The molecule has 0 radical (unpaired) electrons. The molecule has 0 saturated heterocycles. The third kappa shape index (κ3) is 1.96. The lowest BCUT2D eigenvalue weighted by molar-refractivity contribution is 0.577. The Hall–Kier alpha value is -2.13. The minimum absolute atomic E-state index is 0.519. The van der Waals surface area contributed by atoms with Crippen LogP contribution in [-0.2, 0) is 0 Å². The van der Waals surface area contributed by atoms with Gasteiger partial charge >= 0.3 is 0 Å².